The van der Waals surface area contributed by atoms with Crippen molar-refractivity contribution < 1.29 is 4.79 Å². The zero-order valence-corrected chi connectivity index (χ0v) is 15.1. The molecule has 1 heterocycles. The van der Waals surface area contributed by atoms with E-state index in [1.165, 1.54) is 0 Å². The first-order valence-electron chi connectivity index (χ1n) is 8.52. The molecule has 1 N–H and O–H groups in total. The fourth-order valence-corrected chi connectivity index (χ4v) is 3.03. The number of anilines is 1. The van der Waals surface area contributed by atoms with Crippen molar-refractivity contribution in [2.45, 2.75) is 6.42 Å². The van der Waals surface area contributed by atoms with Crippen molar-refractivity contribution in [2.75, 3.05) is 5.32 Å². The lowest BCUT2D eigenvalue weighted by atomic mass is 10.1. The summed E-state index contributed by atoms with van der Waals surface area (Å²) in [6.45, 7) is 0. The molecule has 0 saturated carbocycles. The second-order valence-corrected chi connectivity index (χ2v) is 6.58. The Morgan fingerprint density at radius 2 is 1.70 bits per heavy atom. The highest BCUT2D eigenvalue weighted by Crippen LogP contribution is 2.30. The van der Waals surface area contributed by atoms with Crippen LogP contribution in [0, 0.1) is 11.8 Å². The van der Waals surface area contributed by atoms with E-state index in [2.05, 4.69) is 22.2 Å². The molecule has 130 valence electrons. The number of hydrogen-bond acceptors (Lipinski definition) is 2. The second-order valence-electron chi connectivity index (χ2n) is 6.14. The minimum absolute atomic E-state index is 0.111. The van der Waals surface area contributed by atoms with E-state index in [-0.39, 0.29) is 12.3 Å². The molecule has 3 nitrogen and oxygen atoms in total. The van der Waals surface area contributed by atoms with Gasteiger partial charge in [-0.15, -0.1) is 0 Å². The third-order valence-corrected chi connectivity index (χ3v) is 4.37. The van der Waals surface area contributed by atoms with Gasteiger partial charge in [0.15, 0.2) is 0 Å². The van der Waals surface area contributed by atoms with Crippen LogP contribution < -0.4 is 5.32 Å². The molecule has 0 unspecified atom stereocenters. The number of nitrogens with one attached hydrogen (secondary N) is 1. The van der Waals surface area contributed by atoms with Crippen LogP contribution in [0.25, 0.3) is 0 Å². The van der Waals surface area contributed by atoms with E-state index in [0.29, 0.717) is 22.1 Å². The zero-order chi connectivity index (χ0) is 18.6. The SMILES string of the molecule is O=C1CC(c2cccc(Cl)c2)=Nc2ccc(C#Cc3ccccc3)cc2N1. The normalized spacial score (nSPS) is 12.8. The van der Waals surface area contributed by atoms with E-state index in [9.17, 15) is 4.79 Å². The lowest BCUT2D eigenvalue weighted by Crippen LogP contribution is -2.15. The van der Waals surface area contributed by atoms with Gasteiger partial charge in [-0.1, -0.05) is 53.8 Å². The molecule has 0 aliphatic carbocycles. The maximum absolute atomic E-state index is 12.3. The van der Waals surface area contributed by atoms with Gasteiger partial charge >= 0.3 is 0 Å². The van der Waals surface area contributed by atoms with Crippen molar-refractivity contribution in [3.63, 3.8) is 0 Å². The van der Waals surface area contributed by atoms with E-state index in [4.69, 9.17) is 11.6 Å². The summed E-state index contributed by atoms with van der Waals surface area (Å²) in [6.07, 6.45) is 0.194. The highest BCUT2D eigenvalue weighted by atomic mass is 35.5. The Kier molecular flexibility index (Phi) is 4.74. The Morgan fingerprint density at radius 1 is 0.889 bits per heavy atom. The van der Waals surface area contributed by atoms with Crippen molar-refractivity contribution >= 4 is 34.6 Å². The van der Waals surface area contributed by atoms with Crippen LogP contribution in [0.4, 0.5) is 11.4 Å². The van der Waals surface area contributed by atoms with Crippen molar-refractivity contribution in [3.8, 4) is 11.8 Å². The van der Waals surface area contributed by atoms with Crippen LogP contribution in [-0.4, -0.2) is 11.6 Å². The lowest BCUT2D eigenvalue weighted by molar-refractivity contribution is -0.115. The van der Waals surface area contributed by atoms with Gasteiger partial charge in [-0.2, -0.15) is 0 Å². The predicted octanol–water partition coefficient (Wildman–Crippen LogP) is 5.20. The molecule has 4 rings (SSSR count). The van der Waals surface area contributed by atoms with E-state index in [1.54, 1.807) is 6.07 Å². The van der Waals surface area contributed by atoms with Crippen molar-refractivity contribution in [1.82, 2.24) is 0 Å². The summed E-state index contributed by atoms with van der Waals surface area (Å²) in [6, 6.07) is 22.8. The highest BCUT2D eigenvalue weighted by Gasteiger charge is 2.17. The summed E-state index contributed by atoms with van der Waals surface area (Å²) in [7, 11) is 0. The molecule has 0 atom stereocenters. The van der Waals surface area contributed by atoms with Crippen LogP contribution in [0.5, 0.6) is 0 Å². The standard InChI is InChI=1S/C23H15ClN2O/c24-19-8-4-7-18(14-19)21-15-23(27)26-22-13-17(11-12-20(22)25-21)10-9-16-5-2-1-3-6-16/h1-8,11-14H,15H2,(H,26,27). The average molecular weight is 371 g/mol. The number of carbonyl (C=O) groups is 1. The average Bonchev–Trinajstić information content (AvgIpc) is 2.85. The fraction of sp³-hybridized carbons (Fsp3) is 0.0435. The number of benzene rings is 3. The number of amides is 1. The lowest BCUT2D eigenvalue weighted by Gasteiger charge is -2.04. The summed E-state index contributed by atoms with van der Waals surface area (Å²) in [4.78, 5) is 17.0. The van der Waals surface area contributed by atoms with E-state index >= 15 is 0 Å². The first-order chi connectivity index (χ1) is 13.2. The summed E-state index contributed by atoms with van der Waals surface area (Å²) in [5.41, 5.74) is 4.67. The molecule has 0 spiro atoms. The number of halogens is 1. The quantitative estimate of drug-likeness (QED) is 0.587. The Balaban J connectivity index is 1.70. The van der Waals surface area contributed by atoms with Gasteiger partial charge in [0.25, 0.3) is 0 Å². The van der Waals surface area contributed by atoms with Crippen LogP contribution >= 0.6 is 11.6 Å². The molecular weight excluding hydrogens is 356 g/mol. The monoisotopic (exact) mass is 370 g/mol. The topological polar surface area (TPSA) is 41.5 Å². The molecule has 1 amide bonds. The van der Waals surface area contributed by atoms with E-state index < -0.39 is 0 Å². The molecule has 0 bridgehead atoms. The van der Waals surface area contributed by atoms with Gasteiger partial charge in [0.2, 0.25) is 5.91 Å². The summed E-state index contributed by atoms with van der Waals surface area (Å²) < 4.78 is 0. The Morgan fingerprint density at radius 3 is 2.52 bits per heavy atom. The minimum atomic E-state index is -0.111. The summed E-state index contributed by atoms with van der Waals surface area (Å²) >= 11 is 6.08. The smallest absolute Gasteiger partial charge is 0.230 e. The Hall–Kier alpha value is -3.35. The van der Waals surface area contributed by atoms with Gasteiger partial charge in [-0.05, 0) is 48.0 Å². The van der Waals surface area contributed by atoms with Crippen LogP contribution in [0.2, 0.25) is 5.02 Å². The maximum Gasteiger partial charge on any atom is 0.230 e. The first kappa shape index (κ1) is 17.1. The molecule has 0 aromatic heterocycles. The van der Waals surface area contributed by atoms with Gasteiger partial charge in [0, 0.05) is 16.1 Å². The molecule has 0 fully saturated rings. The van der Waals surface area contributed by atoms with Crippen LogP contribution in [0.15, 0.2) is 77.8 Å². The molecule has 1 aliphatic rings. The van der Waals surface area contributed by atoms with Gasteiger partial charge in [-0.3, -0.25) is 9.79 Å². The zero-order valence-electron chi connectivity index (χ0n) is 14.4. The van der Waals surface area contributed by atoms with Gasteiger partial charge in [0.05, 0.1) is 23.5 Å². The molecule has 27 heavy (non-hydrogen) atoms. The van der Waals surface area contributed by atoms with Crippen LogP contribution in [0.1, 0.15) is 23.1 Å². The Bertz CT molecular complexity index is 1110. The van der Waals surface area contributed by atoms with Gasteiger partial charge in [-0.25, -0.2) is 0 Å². The van der Waals surface area contributed by atoms with Gasteiger partial charge in [0.1, 0.15) is 0 Å². The molecule has 0 radical (unpaired) electrons. The van der Waals surface area contributed by atoms with Crippen LogP contribution in [-0.2, 0) is 4.79 Å². The minimum Gasteiger partial charge on any atom is -0.324 e. The third kappa shape index (κ3) is 4.08. The number of rotatable bonds is 1. The highest BCUT2D eigenvalue weighted by molar-refractivity contribution is 6.31. The van der Waals surface area contributed by atoms with E-state index in [0.717, 1.165) is 16.7 Å². The second kappa shape index (κ2) is 7.49. The van der Waals surface area contributed by atoms with Gasteiger partial charge < -0.3 is 5.32 Å². The Labute approximate surface area is 162 Å². The first-order valence-corrected chi connectivity index (χ1v) is 8.90. The third-order valence-electron chi connectivity index (χ3n) is 4.14. The van der Waals surface area contributed by atoms with Crippen molar-refractivity contribution in [2.24, 2.45) is 4.99 Å². The number of nitrogens with zero attached hydrogens (tertiary/aromatic N) is 1. The summed E-state index contributed by atoms with van der Waals surface area (Å²) in [5.74, 6) is 6.14. The molecule has 0 saturated heterocycles. The molecular formula is C23H15ClN2O. The molecule has 4 heteroatoms. The summed E-state index contributed by atoms with van der Waals surface area (Å²) in [5, 5.41) is 3.54. The number of carbonyl (C=O) groups excluding carboxylic acids is 1. The molecule has 1 aliphatic heterocycles. The largest absolute Gasteiger partial charge is 0.324 e. The van der Waals surface area contributed by atoms with Crippen molar-refractivity contribution in [3.05, 3.63) is 94.5 Å². The van der Waals surface area contributed by atoms with Crippen LogP contribution in [0.3, 0.4) is 0 Å². The number of fused-ring (bicyclic) bond motifs is 1. The molecule has 3 aromatic carbocycles. The molecule has 3 aromatic rings. The fourth-order valence-electron chi connectivity index (χ4n) is 2.84. The predicted molar refractivity (Wildman–Crippen MR) is 110 cm³/mol. The van der Waals surface area contributed by atoms with E-state index in [1.807, 2.05) is 66.7 Å². The number of aliphatic imine (C=N–C) groups is 1. The number of hydrogen-bond donors (Lipinski definition) is 1. The maximum atomic E-state index is 12.3. The van der Waals surface area contributed by atoms with Crippen molar-refractivity contribution in [1.29, 1.82) is 0 Å².